The lowest BCUT2D eigenvalue weighted by molar-refractivity contribution is 0.102. The predicted molar refractivity (Wildman–Crippen MR) is 81.7 cm³/mol. The van der Waals surface area contributed by atoms with Gasteiger partial charge in [-0.3, -0.25) is 4.79 Å². The molecule has 0 bridgehead atoms. The lowest BCUT2D eigenvalue weighted by Crippen LogP contribution is -2.13. The molecule has 20 heavy (non-hydrogen) atoms. The Hall–Kier alpha value is -1.79. The highest BCUT2D eigenvalue weighted by Crippen LogP contribution is 2.29. The molecule has 0 fully saturated rings. The molecule has 0 saturated carbocycles. The van der Waals surface area contributed by atoms with Crippen LogP contribution >= 0.6 is 27.5 Å². The molecule has 1 aromatic heterocycles. The van der Waals surface area contributed by atoms with E-state index in [9.17, 15) is 9.18 Å². The van der Waals surface area contributed by atoms with Crippen LogP contribution < -0.4 is 5.32 Å². The van der Waals surface area contributed by atoms with Crippen molar-refractivity contribution in [1.29, 1.82) is 0 Å². The Balaban J connectivity index is 1.94. The van der Waals surface area contributed by atoms with Gasteiger partial charge in [-0.2, -0.15) is 4.37 Å². The van der Waals surface area contributed by atoms with Gasteiger partial charge in [-0.25, -0.2) is 4.39 Å². The monoisotopic (exact) mass is 350 g/mol. The highest BCUT2D eigenvalue weighted by Gasteiger charge is 2.14. The van der Waals surface area contributed by atoms with Crippen LogP contribution in [-0.4, -0.2) is 10.3 Å². The minimum Gasteiger partial charge on any atom is -0.305 e. The molecule has 1 N–H and O–H groups in total. The van der Waals surface area contributed by atoms with Crippen molar-refractivity contribution in [2.24, 2.45) is 0 Å². The van der Waals surface area contributed by atoms with E-state index >= 15 is 0 Å². The maximum absolute atomic E-state index is 13.6. The number of nitrogens with one attached hydrogen (secondary N) is 1. The maximum Gasteiger partial charge on any atom is 0.259 e. The summed E-state index contributed by atoms with van der Waals surface area (Å²) in [5.41, 5.74) is 0.00533. The first-order valence-electron chi connectivity index (χ1n) is 5.76. The molecular weight excluding hydrogens is 343 g/mol. The molecule has 3 aromatic rings. The van der Waals surface area contributed by atoms with Gasteiger partial charge in [-0.1, -0.05) is 28.1 Å². The van der Waals surface area contributed by atoms with E-state index in [4.69, 9.17) is 0 Å². The second kappa shape index (κ2) is 5.30. The van der Waals surface area contributed by atoms with Crippen molar-refractivity contribution in [3.05, 3.63) is 58.3 Å². The molecule has 3 nitrogen and oxygen atoms in total. The summed E-state index contributed by atoms with van der Waals surface area (Å²) >= 11 is 4.66. The molecule has 6 heteroatoms. The molecule has 0 aliphatic carbocycles. The number of aromatic nitrogens is 1. The van der Waals surface area contributed by atoms with E-state index in [1.54, 1.807) is 12.1 Å². The number of fused-ring (bicyclic) bond motifs is 1. The smallest absolute Gasteiger partial charge is 0.259 e. The van der Waals surface area contributed by atoms with E-state index in [1.165, 1.54) is 23.7 Å². The van der Waals surface area contributed by atoms with Gasteiger partial charge in [0.05, 0.1) is 10.3 Å². The summed E-state index contributed by atoms with van der Waals surface area (Å²) in [5, 5.41) is 3.48. The molecule has 3 rings (SSSR count). The Morgan fingerprint density at radius 1 is 1.25 bits per heavy atom. The molecule has 0 aliphatic rings. The Morgan fingerprint density at radius 3 is 2.85 bits per heavy atom. The Labute approximate surface area is 126 Å². The molecule has 0 radical (unpaired) electrons. The first-order chi connectivity index (χ1) is 9.65. The third-order valence-corrected chi connectivity index (χ3v) is 4.09. The van der Waals surface area contributed by atoms with Crippen LogP contribution in [0.1, 0.15) is 10.4 Å². The van der Waals surface area contributed by atoms with Crippen LogP contribution in [0.3, 0.4) is 0 Å². The molecule has 2 aromatic carbocycles. The van der Waals surface area contributed by atoms with Gasteiger partial charge in [0.15, 0.2) is 5.82 Å². The lowest BCUT2D eigenvalue weighted by Gasteiger charge is -2.03. The molecule has 0 atom stereocenters. The summed E-state index contributed by atoms with van der Waals surface area (Å²) in [6.45, 7) is 0. The molecule has 1 heterocycles. The van der Waals surface area contributed by atoms with Crippen molar-refractivity contribution in [2.75, 3.05) is 5.32 Å². The zero-order chi connectivity index (χ0) is 14.1. The van der Waals surface area contributed by atoms with E-state index in [1.807, 2.05) is 18.2 Å². The zero-order valence-electron chi connectivity index (χ0n) is 10.1. The van der Waals surface area contributed by atoms with Gasteiger partial charge in [0.2, 0.25) is 0 Å². The first-order valence-corrected chi connectivity index (χ1v) is 7.32. The SMILES string of the molecule is O=C(Nc1nsc2cc(Br)ccc12)c1ccccc1F. The fourth-order valence-corrected chi connectivity index (χ4v) is 3.11. The minimum absolute atomic E-state index is 0.00533. The zero-order valence-corrected chi connectivity index (χ0v) is 12.5. The number of rotatable bonds is 2. The molecule has 100 valence electrons. The number of carbonyl (C=O) groups excluding carboxylic acids is 1. The third kappa shape index (κ3) is 2.44. The summed E-state index contributed by atoms with van der Waals surface area (Å²) in [6, 6.07) is 11.5. The summed E-state index contributed by atoms with van der Waals surface area (Å²) < 4.78 is 19.6. The quantitative estimate of drug-likeness (QED) is 0.741. The fourth-order valence-electron chi connectivity index (χ4n) is 1.82. The predicted octanol–water partition coefficient (Wildman–Crippen LogP) is 4.45. The van der Waals surface area contributed by atoms with E-state index in [-0.39, 0.29) is 5.56 Å². The largest absolute Gasteiger partial charge is 0.305 e. The summed E-state index contributed by atoms with van der Waals surface area (Å²) in [4.78, 5) is 12.0. The van der Waals surface area contributed by atoms with Crippen LogP contribution in [0.4, 0.5) is 10.2 Å². The van der Waals surface area contributed by atoms with Gasteiger partial charge in [-0.05, 0) is 41.9 Å². The number of benzene rings is 2. The van der Waals surface area contributed by atoms with Gasteiger partial charge >= 0.3 is 0 Å². The minimum atomic E-state index is -0.549. The highest BCUT2D eigenvalue weighted by atomic mass is 79.9. The van der Waals surface area contributed by atoms with Crippen LogP contribution in [0, 0.1) is 5.82 Å². The van der Waals surface area contributed by atoms with E-state index in [0.29, 0.717) is 5.82 Å². The van der Waals surface area contributed by atoms with Crippen molar-refractivity contribution < 1.29 is 9.18 Å². The summed E-state index contributed by atoms with van der Waals surface area (Å²) in [7, 11) is 0. The van der Waals surface area contributed by atoms with Crippen molar-refractivity contribution >= 4 is 49.3 Å². The van der Waals surface area contributed by atoms with Crippen molar-refractivity contribution in [1.82, 2.24) is 4.37 Å². The number of hydrogen-bond donors (Lipinski definition) is 1. The molecule has 0 aliphatic heterocycles. The first kappa shape index (κ1) is 13.2. The van der Waals surface area contributed by atoms with E-state index in [2.05, 4.69) is 25.6 Å². The van der Waals surface area contributed by atoms with Gasteiger partial charge in [-0.15, -0.1) is 0 Å². The number of carbonyl (C=O) groups is 1. The number of anilines is 1. The van der Waals surface area contributed by atoms with Gasteiger partial charge in [0, 0.05) is 9.86 Å². The van der Waals surface area contributed by atoms with Crippen molar-refractivity contribution in [3.63, 3.8) is 0 Å². The van der Waals surface area contributed by atoms with Crippen molar-refractivity contribution in [3.8, 4) is 0 Å². The Morgan fingerprint density at radius 2 is 2.05 bits per heavy atom. The second-order valence-corrected chi connectivity index (χ2v) is 5.83. The van der Waals surface area contributed by atoms with Gasteiger partial charge in [0.25, 0.3) is 5.91 Å². The van der Waals surface area contributed by atoms with Crippen LogP contribution in [0.5, 0.6) is 0 Å². The maximum atomic E-state index is 13.6. The average molecular weight is 351 g/mol. The van der Waals surface area contributed by atoms with Crippen LogP contribution in [-0.2, 0) is 0 Å². The number of hydrogen-bond acceptors (Lipinski definition) is 3. The Kier molecular flexibility index (Phi) is 3.50. The average Bonchev–Trinajstić information content (AvgIpc) is 2.81. The van der Waals surface area contributed by atoms with Crippen LogP contribution in [0.25, 0.3) is 10.1 Å². The van der Waals surface area contributed by atoms with Crippen LogP contribution in [0.15, 0.2) is 46.9 Å². The van der Waals surface area contributed by atoms with Crippen molar-refractivity contribution in [2.45, 2.75) is 0 Å². The number of amides is 1. The summed E-state index contributed by atoms with van der Waals surface area (Å²) in [6.07, 6.45) is 0. The fraction of sp³-hybridized carbons (Fsp3) is 0. The molecule has 0 spiro atoms. The van der Waals surface area contributed by atoms with E-state index < -0.39 is 11.7 Å². The lowest BCUT2D eigenvalue weighted by atomic mass is 10.2. The number of halogens is 2. The summed E-state index contributed by atoms with van der Waals surface area (Å²) in [5.74, 6) is -0.601. The molecule has 1 amide bonds. The highest BCUT2D eigenvalue weighted by molar-refractivity contribution is 9.10. The number of nitrogens with zero attached hydrogens (tertiary/aromatic N) is 1. The van der Waals surface area contributed by atoms with Gasteiger partial charge in [0.1, 0.15) is 5.82 Å². The second-order valence-electron chi connectivity index (χ2n) is 4.11. The molecule has 0 saturated heterocycles. The molecular formula is C14H8BrFN2OS. The molecule has 0 unspecified atom stereocenters. The Bertz CT molecular complexity index is 803. The topological polar surface area (TPSA) is 42.0 Å². The standard InChI is InChI=1S/C14H8BrFN2OS/c15-8-5-6-10-12(7-8)20-18-13(10)17-14(19)9-3-1-2-4-11(9)16/h1-7H,(H,17,18,19). The van der Waals surface area contributed by atoms with E-state index in [0.717, 1.165) is 14.6 Å². The third-order valence-electron chi connectivity index (χ3n) is 2.78. The normalized spacial score (nSPS) is 10.7. The van der Waals surface area contributed by atoms with Gasteiger partial charge < -0.3 is 5.32 Å². The van der Waals surface area contributed by atoms with Crippen LogP contribution in [0.2, 0.25) is 0 Å².